The van der Waals surface area contributed by atoms with Crippen molar-refractivity contribution in [1.82, 2.24) is 0 Å². The van der Waals surface area contributed by atoms with Crippen LogP contribution < -0.4 is 0 Å². The maximum absolute atomic E-state index is 2.43. The van der Waals surface area contributed by atoms with Crippen molar-refractivity contribution >= 4 is 0 Å². The minimum Gasteiger partial charge on any atom is -0.0619 e. The molecule has 0 nitrogen and oxygen atoms in total. The Hall–Kier alpha value is -5.46. The molecule has 0 aromatic heterocycles. The van der Waals surface area contributed by atoms with Crippen LogP contribution in [-0.2, 0) is 49.4 Å². The highest BCUT2D eigenvalue weighted by atomic mass is 14.5. The lowest BCUT2D eigenvalue weighted by Crippen LogP contribution is -2.32. The molecular weight excluding hydrogens is 625 g/mol. The van der Waals surface area contributed by atoms with Crippen LogP contribution >= 0.6 is 0 Å². The van der Waals surface area contributed by atoms with Gasteiger partial charge in [0.05, 0.1) is 0 Å². The topological polar surface area (TPSA) is 0 Å². The summed E-state index contributed by atoms with van der Waals surface area (Å²) in [5.74, 6) is 0. The molecule has 254 valence electrons. The SMILES string of the molecule is CCc1ccc(CC2(Cc3ccc(CC4(Cc5ccc(CC)cc5)c5ccccc5-c5ccccc54)cc3)c3ccccc3-c3ccccc32)cc1. The largest absolute Gasteiger partial charge is 0.0619 e. The van der Waals surface area contributed by atoms with Crippen LogP contribution in [0.15, 0.2) is 170 Å². The highest BCUT2D eigenvalue weighted by molar-refractivity contribution is 5.82. The maximum atomic E-state index is 2.43. The summed E-state index contributed by atoms with van der Waals surface area (Å²) in [6.07, 6.45) is 5.98. The summed E-state index contributed by atoms with van der Waals surface area (Å²) in [6.45, 7) is 4.47. The number of aryl methyl sites for hydroxylation is 2. The van der Waals surface area contributed by atoms with Gasteiger partial charge in [-0.3, -0.25) is 0 Å². The molecular formula is C52H46. The molecule has 52 heavy (non-hydrogen) atoms. The van der Waals surface area contributed by atoms with Crippen molar-refractivity contribution in [2.24, 2.45) is 0 Å². The Morgan fingerprint density at radius 2 is 0.481 bits per heavy atom. The summed E-state index contributed by atoms with van der Waals surface area (Å²) in [7, 11) is 0. The van der Waals surface area contributed by atoms with Crippen LogP contribution in [0.4, 0.5) is 0 Å². The number of benzene rings is 7. The van der Waals surface area contributed by atoms with Gasteiger partial charge >= 0.3 is 0 Å². The van der Waals surface area contributed by atoms with E-state index in [0.717, 1.165) is 38.5 Å². The number of rotatable bonds is 10. The van der Waals surface area contributed by atoms with Gasteiger partial charge in [0.2, 0.25) is 0 Å². The molecule has 7 aromatic rings. The first kappa shape index (κ1) is 32.4. The molecule has 0 heteroatoms. The van der Waals surface area contributed by atoms with Gasteiger partial charge in [-0.25, -0.2) is 0 Å². The van der Waals surface area contributed by atoms with E-state index in [1.54, 1.807) is 0 Å². The molecule has 9 rings (SSSR count). The predicted octanol–water partition coefficient (Wildman–Crippen LogP) is 12.3. The monoisotopic (exact) mass is 670 g/mol. The lowest BCUT2D eigenvalue weighted by atomic mass is 9.68. The zero-order valence-corrected chi connectivity index (χ0v) is 30.4. The van der Waals surface area contributed by atoms with Crippen molar-refractivity contribution in [3.05, 3.63) is 225 Å². The highest BCUT2D eigenvalue weighted by Gasteiger charge is 2.44. The Bertz CT molecular complexity index is 2090. The van der Waals surface area contributed by atoms with Crippen LogP contribution in [-0.4, -0.2) is 0 Å². The highest BCUT2D eigenvalue weighted by Crippen LogP contribution is 2.54. The van der Waals surface area contributed by atoms with Gasteiger partial charge in [0.1, 0.15) is 0 Å². The van der Waals surface area contributed by atoms with Crippen LogP contribution in [0, 0.1) is 0 Å². The Labute approximate surface area is 309 Å². The molecule has 0 saturated heterocycles. The van der Waals surface area contributed by atoms with E-state index in [-0.39, 0.29) is 10.8 Å². The van der Waals surface area contributed by atoms with Crippen molar-refractivity contribution in [2.45, 2.75) is 63.2 Å². The third kappa shape index (κ3) is 5.44. The summed E-state index contributed by atoms with van der Waals surface area (Å²) >= 11 is 0. The fraction of sp³-hybridized carbons (Fsp3) is 0.192. The Balaban J connectivity index is 1.11. The molecule has 0 aliphatic heterocycles. The summed E-state index contributed by atoms with van der Waals surface area (Å²) < 4.78 is 0. The minimum atomic E-state index is -0.141. The van der Waals surface area contributed by atoms with Crippen LogP contribution in [0.25, 0.3) is 22.3 Å². The van der Waals surface area contributed by atoms with Gasteiger partial charge in [0, 0.05) is 10.8 Å². The number of hydrogen-bond donors (Lipinski definition) is 0. The zero-order chi connectivity index (χ0) is 35.1. The molecule has 2 aliphatic rings. The second-order valence-electron chi connectivity index (χ2n) is 15.2. The summed E-state index contributed by atoms with van der Waals surface area (Å²) in [5.41, 5.74) is 19.4. The maximum Gasteiger partial charge on any atom is 0.0295 e. The third-order valence-electron chi connectivity index (χ3n) is 12.3. The van der Waals surface area contributed by atoms with Crippen LogP contribution in [0.5, 0.6) is 0 Å². The molecule has 0 fully saturated rings. The molecule has 0 spiro atoms. The van der Waals surface area contributed by atoms with Gasteiger partial charge in [-0.1, -0.05) is 184 Å². The molecule has 0 saturated carbocycles. The van der Waals surface area contributed by atoms with Crippen LogP contribution in [0.1, 0.15) is 69.5 Å². The Morgan fingerprint density at radius 1 is 0.269 bits per heavy atom. The fourth-order valence-corrected chi connectivity index (χ4v) is 9.67. The van der Waals surface area contributed by atoms with Crippen molar-refractivity contribution in [2.75, 3.05) is 0 Å². The molecule has 0 N–H and O–H groups in total. The third-order valence-corrected chi connectivity index (χ3v) is 12.3. The van der Waals surface area contributed by atoms with Gasteiger partial charge in [-0.2, -0.15) is 0 Å². The lowest BCUT2D eigenvalue weighted by molar-refractivity contribution is 0.515. The molecule has 0 atom stereocenters. The van der Waals surface area contributed by atoms with E-state index in [1.165, 1.54) is 77.9 Å². The fourth-order valence-electron chi connectivity index (χ4n) is 9.67. The first-order chi connectivity index (χ1) is 25.6. The normalized spacial score (nSPS) is 14.3. The first-order valence-electron chi connectivity index (χ1n) is 19.2. The van der Waals surface area contributed by atoms with Gasteiger partial charge in [-0.05, 0) is 116 Å². The summed E-state index contributed by atoms with van der Waals surface area (Å²) in [4.78, 5) is 0. The molecule has 0 bridgehead atoms. The van der Waals surface area contributed by atoms with Gasteiger partial charge < -0.3 is 0 Å². The van der Waals surface area contributed by atoms with E-state index in [4.69, 9.17) is 0 Å². The van der Waals surface area contributed by atoms with Gasteiger partial charge in [0.25, 0.3) is 0 Å². The van der Waals surface area contributed by atoms with Gasteiger partial charge in [-0.15, -0.1) is 0 Å². The Morgan fingerprint density at radius 3 is 0.712 bits per heavy atom. The Kier molecular flexibility index (Phi) is 8.27. The standard InChI is InChI=1S/C52H46/c1-3-37-21-25-39(26-22-37)33-51(47-17-9-5-13-43(47)44-14-6-10-18-48(44)51)35-41-29-31-42(32-30-41)36-52(34-40-27-23-38(4-2)24-28-40)49-19-11-7-15-45(49)46-16-8-12-20-50(46)52/h5-32H,3-4,33-36H2,1-2H3. The predicted molar refractivity (Wildman–Crippen MR) is 218 cm³/mol. The lowest BCUT2D eigenvalue weighted by Gasteiger charge is -2.34. The van der Waals surface area contributed by atoms with E-state index in [1.807, 2.05) is 0 Å². The molecule has 0 amide bonds. The second-order valence-corrected chi connectivity index (χ2v) is 15.2. The average Bonchev–Trinajstić information content (AvgIpc) is 3.63. The average molecular weight is 671 g/mol. The van der Waals surface area contributed by atoms with Crippen molar-refractivity contribution in [3.63, 3.8) is 0 Å². The zero-order valence-electron chi connectivity index (χ0n) is 30.4. The molecule has 7 aromatic carbocycles. The number of hydrogen-bond acceptors (Lipinski definition) is 0. The molecule has 0 radical (unpaired) electrons. The smallest absolute Gasteiger partial charge is 0.0295 e. The quantitative estimate of drug-likeness (QED) is 0.136. The second kappa shape index (κ2) is 13.3. The van der Waals surface area contributed by atoms with E-state index in [9.17, 15) is 0 Å². The van der Waals surface area contributed by atoms with Crippen molar-refractivity contribution < 1.29 is 0 Å². The van der Waals surface area contributed by atoms with Crippen molar-refractivity contribution in [1.29, 1.82) is 0 Å². The number of fused-ring (bicyclic) bond motifs is 6. The van der Waals surface area contributed by atoms with Crippen molar-refractivity contribution in [3.8, 4) is 22.3 Å². The summed E-state index contributed by atoms with van der Waals surface area (Å²) in [6, 6.07) is 65.0. The minimum absolute atomic E-state index is 0.141. The van der Waals surface area contributed by atoms with Gasteiger partial charge in [0.15, 0.2) is 0 Å². The first-order valence-corrected chi connectivity index (χ1v) is 19.2. The van der Waals surface area contributed by atoms with E-state index >= 15 is 0 Å². The molecule has 0 heterocycles. The summed E-state index contributed by atoms with van der Waals surface area (Å²) in [5, 5.41) is 0. The van der Waals surface area contributed by atoms with E-state index < -0.39 is 0 Å². The van der Waals surface area contributed by atoms with E-state index in [2.05, 4.69) is 184 Å². The van der Waals surface area contributed by atoms with Crippen LogP contribution in [0.3, 0.4) is 0 Å². The molecule has 0 unspecified atom stereocenters. The van der Waals surface area contributed by atoms with Crippen LogP contribution in [0.2, 0.25) is 0 Å². The van der Waals surface area contributed by atoms with E-state index in [0.29, 0.717) is 0 Å². The molecule has 2 aliphatic carbocycles.